The van der Waals surface area contributed by atoms with Crippen LogP contribution < -0.4 is 0 Å². The van der Waals surface area contributed by atoms with Crippen LogP contribution >= 0.6 is 22.9 Å². The van der Waals surface area contributed by atoms with Gasteiger partial charge in [0.05, 0.1) is 6.04 Å². The van der Waals surface area contributed by atoms with E-state index in [1.807, 2.05) is 34.1 Å². The average Bonchev–Trinajstić information content (AvgIpc) is 3.52. The lowest BCUT2D eigenvalue weighted by Gasteiger charge is -2.37. The van der Waals surface area contributed by atoms with Crippen LogP contribution in [0.1, 0.15) is 80.3 Å². The molecule has 1 atom stereocenters. The quantitative estimate of drug-likeness (QED) is 0.385. The standard InChI is InChI=1S/C26H33ClN2O2S/c1-2-3-4-5-6-7-24(30)29(21-12-13-21)18-25(31)28-16-14-23-22(15-17-32-23)26(28)19-8-10-20(27)11-9-19/h8-11,15,17,21,26H,2-7,12-14,16,18H2,1H3. The number of halogens is 1. The molecule has 0 radical (unpaired) electrons. The monoisotopic (exact) mass is 472 g/mol. The molecule has 1 aromatic carbocycles. The number of thiophene rings is 1. The molecule has 1 aromatic heterocycles. The van der Waals surface area contributed by atoms with E-state index >= 15 is 0 Å². The van der Waals surface area contributed by atoms with Gasteiger partial charge in [0, 0.05) is 28.9 Å². The summed E-state index contributed by atoms with van der Waals surface area (Å²) in [6.07, 6.45) is 9.10. The first kappa shape index (κ1) is 23.3. The number of rotatable bonds is 10. The number of benzene rings is 1. The van der Waals surface area contributed by atoms with Crippen molar-refractivity contribution < 1.29 is 9.59 Å². The van der Waals surface area contributed by atoms with E-state index in [4.69, 9.17) is 11.6 Å². The number of amides is 2. The minimum atomic E-state index is -0.111. The van der Waals surface area contributed by atoms with Crippen LogP contribution in [0.3, 0.4) is 0 Å². The summed E-state index contributed by atoms with van der Waals surface area (Å²) in [6.45, 7) is 3.08. The molecule has 0 spiro atoms. The average molecular weight is 473 g/mol. The van der Waals surface area contributed by atoms with Crippen LogP contribution in [-0.4, -0.2) is 40.7 Å². The summed E-state index contributed by atoms with van der Waals surface area (Å²) in [4.78, 5) is 31.7. The van der Waals surface area contributed by atoms with Gasteiger partial charge in [-0.1, -0.05) is 56.3 Å². The molecule has 0 bridgehead atoms. The largest absolute Gasteiger partial charge is 0.330 e. The molecule has 4 nitrogen and oxygen atoms in total. The Morgan fingerprint density at radius 2 is 1.84 bits per heavy atom. The van der Waals surface area contributed by atoms with Gasteiger partial charge in [0.1, 0.15) is 6.54 Å². The van der Waals surface area contributed by atoms with Crippen molar-refractivity contribution in [2.75, 3.05) is 13.1 Å². The Kier molecular flexibility index (Phi) is 7.90. The Hall–Kier alpha value is -1.85. The molecule has 1 aliphatic heterocycles. The van der Waals surface area contributed by atoms with E-state index in [1.165, 1.54) is 29.7 Å². The lowest BCUT2D eigenvalue weighted by Crippen LogP contribution is -2.47. The zero-order valence-electron chi connectivity index (χ0n) is 18.9. The highest BCUT2D eigenvalue weighted by Crippen LogP contribution is 2.38. The van der Waals surface area contributed by atoms with E-state index in [-0.39, 0.29) is 30.4 Å². The van der Waals surface area contributed by atoms with E-state index in [2.05, 4.69) is 18.4 Å². The highest BCUT2D eigenvalue weighted by molar-refractivity contribution is 7.10. The fourth-order valence-electron chi connectivity index (χ4n) is 4.66. The van der Waals surface area contributed by atoms with Gasteiger partial charge in [-0.15, -0.1) is 11.3 Å². The van der Waals surface area contributed by atoms with Gasteiger partial charge < -0.3 is 9.80 Å². The molecule has 0 saturated heterocycles. The maximum Gasteiger partial charge on any atom is 0.243 e. The SMILES string of the molecule is CCCCCCCC(=O)N(CC(=O)N1CCc2sccc2C1c1ccc(Cl)cc1)C1CC1. The molecule has 1 aliphatic carbocycles. The molecule has 1 fully saturated rings. The Labute approximate surface area is 200 Å². The van der Waals surface area contributed by atoms with Crippen LogP contribution in [0.5, 0.6) is 0 Å². The van der Waals surface area contributed by atoms with Gasteiger partial charge in [-0.2, -0.15) is 0 Å². The number of unbranched alkanes of at least 4 members (excludes halogenated alkanes) is 4. The van der Waals surface area contributed by atoms with Crippen LogP contribution in [0.15, 0.2) is 35.7 Å². The number of fused-ring (bicyclic) bond motifs is 1. The fourth-order valence-corrected chi connectivity index (χ4v) is 5.69. The molecule has 2 heterocycles. The first-order chi connectivity index (χ1) is 15.6. The van der Waals surface area contributed by atoms with Crippen LogP contribution in [0.4, 0.5) is 0 Å². The molecule has 6 heteroatoms. The molecule has 0 N–H and O–H groups in total. The van der Waals surface area contributed by atoms with Crippen LogP contribution in [-0.2, 0) is 16.0 Å². The van der Waals surface area contributed by atoms with Crippen molar-refractivity contribution in [3.63, 3.8) is 0 Å². The van der Waals surface area contributed by atoms with Crippen molar-refractivity contribution in [1.29, 1.82) is 0 Å². The van der Waals surface area contributed by atoms with Gasteiger partial charge in [0.2, 0.25) is 11.8 Å². The number of carbonyl (C=O) groups is 2. The van der Waals surface area contributed by atoms with Crippen LogP contribution in [0, 0.1) is 0 Å². The fraction of sp³-hybridized carbons (Fsp3) is 0.538. The number of hydrogen-bond acceptors (Lipinski definition) is 3. The van der Waals surface area contributed by atoms with Gasteiger partial charge in [-0.05, 0) is 60.4 Å². The van der Waals surface area contributed by atoms with Gasteiger partial charge >= 0.3 is 0 Å². The Morgan fingerprint density at radius 1 is 1.09 bits per heavy atom. The molecule has 32 heavy (non-hydrogen) atoms. The normalized spacial score (nSPS) is 17.8. The van der Waals surface area contributed by atoms with Gasteiger partial charge in [0.15, 0.2) is 0 Å². The van der Waals surface area contributed by atoms with Crippen molar-refractivity contribution in [1.82, 2.24) is 9.80 Å². The molecular weight excluding hydrogens is 440 g/mol. The minimum absolute atomic E-state index is 0.0491. The number of carbonyl (C=O) groups excluding carboxylic acids is 2. The molecule has 4 rings (SSSR count). The molecule has 1 unspecified atom stereocenters. The summed E-state index contributed by atoms with van der Waals surface area (Å²) in [5.74, 6) is 0.196. The third-order valence-corrected chi connectivity index (χ3v) is 7.83. The summed E-state index contributed by atoms with van der Waals surface area (Å²) in [6, 6.07) is 10.1. The van der Waals surface area contributed by atoms with Crippen molar-refractivity contribution in [3.05, 3.63) is 56.7 Å². The lowest BCUT2D eigenvalue weighted by molar-refractivity contribution is -0.142. The van der Waals surface area contributed by atoms with Crippen LogP contribution in [0.25, 0.3) is 0 Å². The van der Waals surface area contributed by atoms with E-state index < -0.39 is 0 Å². The Morgan fingerprint density at radius 3 is 2.56 bits per heavy atom. The zero-order valence-corrected chi connectivity index (χ0v) is 20.5. The maximum atomic E-state index is 13.6. The topological polar surface area (TPSA) is 40.6 Å². The summed E-state index contributed by atoms with van der Waals surface area (Å²) in [7, 11) is 0. The van der Waals surface area contributed by atoms with Crippen molar-refractivity contribution in [2.45, 2.75) is 76.8 Å². The first-order valence-corrected chi connectivity index (χ1v) is 13.2. The Bertz CT molecular complexity index is 922. The minimum Gasteiger partial charge on any atom is -0.330 e. The van der Waals surface area contributed by atoms with Gasteiger partial charge in [-0.3, -0.25) is 9.59 Å². The van der Waals surface area contributed by atoms with Gasteiger partial charge in [-0.25, -0.2) is 0 Å². The van der Waals surface area contributed by atoms with E-state index in [9.17, 15) is 9.59 Å². The predicted molar refractivity (Wildman–Crippen MR) is 131 cm³/mol. The van der Waals surface area contributed by atoms with Gasteiger partial charge in [0.25, 0.3) is 0 Å². The number of hydrogen-bond donors (Lipinski definition) is 0. The summed E-state index contributed by atoms with van der Waals surface area (Å²) >= 11 is 7.88. The molecule has 1 saturated carbocycles. The van der Waals surface area contributed by atoms with Crippen molar-refractivity contribution >= 4 is 34.8 Å². The Balaban J connectivity index is 1.46. The van der Waals surface area contributed by atoms with E-state index in [0.29, 0.717) is 18.0 Å². The maximum absolute atomic E-state index is 13.6. The zero-order chi connectivity index (χ0) is 22.5. The second-order valence-corrected chi connectivity index (χ2v) is 10.4. The molecule has 2 amide bonds. The summed E-state index contributed by atoms with van der Waals surface area (Å²) in [5.41, 5.74) is 2.28. The highest BCUT2D eigenvalue weighted by Gasteiger charge is 2.37. The molecular formula is C26H33ClN2O2S. The van der Waals surface area contributed by atoms with E-state index in [0.717, 1.165) is 37.7 Å². The predicted octanol–water partition coefficient (Wildman–Crippen LogP) is 6.23. The van der Waals surface area contributed by atoms with Crippen molar-refractivity contribution in [3.8, 4) is 0 Å². The third-order valence-electron chi connectivity index (χ3n) is 6.58. The molecule has 2 aromatic rings. The third kappa shape index (κ3) is 5.55. The second-order valence-electron chi connectivity index (χ2n) is 9.01. The van der Waals surface area contributed by atoms with Crippen LogP contribution in [0.2, 0.25) is 5.02 Å². The highest BCUT2D eigenvalue weighted by atomic mass is 35.5. The molecule has 2 aliphatic rings. The summed E-state index contributed by atoms with van der Waals surface area (Å²) in [5, 5.41) is 2.80. The first-order valence-electron chi connectivity index (χ1n) is 12.0. The van der Waals surface area contributed by atoms with E-state index in [1.54, 1.807) is 11.3 Å². The lowest BCUT2D eigenvalue weighted by atomic mass is 9.93. The second kappa shape index (κ2) is 10.8. The van der Waals surface area contributed by atoms with Crippen molar-refractivity contribution in [2.24, 2.45) is 0 Å². The smallest absolute Gasteiger partial charge is 0.243 e. The number of nitrogens with zero attached hydrogens (tertiary/aromatic N) is 2. The summed E-state index contributed by atoms with van der Waals surface area (Å²) < 4.78 is 0. The molecule has 172 valence electrons.